The van der Waals surface area contributed by atoms with Gasteiger partial charge in [-0.3, -0.25) is 4.99 Å². The van der Waals surface area contributed by atoms with Gasteiger partial charge in [0, 0.05) is 25.4 Å². The van der Waals surface area contributed by atoms with Crippen molar-refractivity contribution in [3.05, 3.63) is 71.8 Å². The Balaban J connectivity index is 1.32. The Morgan fingerprint density at radius 3 is 2.42 bits per heavy atom. The van der Waals surface area contributed by atoms with Gasteiger partial charge in [-0.1, -0.05) is 73.5 Å². The molecule has 1 aliphatic carbocycles. The molecule has 0 bridgehead atoms. The molecular weight excluding hydrogens is 414 g/mol. The average Bonchev–Trinajstić information content (AvgIpc) is 3.55. The Hall–Kier alpha value is -2.86. The van der Waals surface area contributed by atoms with Crippen LogP contribution >= 0.6 is 0 Å². The van der Waals surface area contributed by atoms with Crippen molar-refractivity contribution >= 4 is 11.9 Å². The van der Waals surface area contributed by atoms with E-state index in [-0.39, 0.29) is 12.0 Å². The minimum atomic E-state index is -1.59. The summed E-state index contributed by atoms with van der Waals surface area (Å²) >= 11 is 0. The second kappa shape index (κ2) is 10.8. The molecule has 1 saturated heterocycles. The highest BCUT2D eigenvalue weighted by atomic mass is 16.6. The maximum atomic E-state index is 13.3. The van der Waals surface area contributed by atoms with Gasteiger partial charge in [0.1, 0.15) is 6.10 Å². The lowest BCUT2D eigenvalue weighted by molar-refractivity contribution is -0.178. The number of aliphatic imine (C=N–C) groups is 1. The van der Waals surface area contributed by atoms with Crippen LogP contribution in [0, 0.1) is 5.92 Å². The lowest BCUT2D eigenvalue weighted by atomic mass is 9.80. The summed E-state index contributed by atoms with van der Waals surface area (Å²) in [6, 6.07) is 19.6. The van der Waals surface area contributed by atoms with Crippen LogP contribution in [0.3, 0.4) is 0 Å². The first kappa shape index (κ1) is 23.3. The number of ether oxygens (including phenoxy) is 1. The number of hydrogen-bond donors (Lipinski definition) is 2. The van der Waals surface area contributed by atoms with Crippen LogP contribution in [-0.2, 0) is 21.6 Å². The van der Waals surface area contributed by atoms with Crippen LogP contribution in [0.5, 0.6) is 0 Å². The average molecular weight is 450 g/mol. The summed E-state index contributed by atoms with van der Waals surface area (Å²) in [5.74, 6) is -0.150. The number of likely N-dealkylation sites (tertiary alicyclic amines) is 1. The van der Waals surface area contributed by atoms with E-state index >= 15 is 0 Å². The molecule has 2 aliphatic rings. The molecule has 6 nitrogen and oxygen atoms in total. The van der Waals surface area contributed by atoms with E-state index in [1.807, 2.05) is 53.4 Å². The molecular formula is C27H35N3O3. The number of aliphatic hydroxyl groups is 1. The van der Waals surface area contributed by atoms with Crippen molar-refractivity contribution in [2.45, 2.75) is 56.7 Å². The summed E-state index contributed by atoms with van der Waals surface area (Å²) in [4.78, 5) is 19.8. The number of hydrogen-bond acceptors (Lipinski definition) is 4. The van der Waals surface area contributed by atoms with Gasteiger partial charge in [0.15, 0.2) is 11.6 Å². The molecule has 1 heterocycles. The predicted octanol–water partition coefficient (Wildman–Crippen LogP) is 3.63. The van der Waals surface area contributed by atoms with Crippen LogP contribution in [-0.4, -0.2) is 47.7 Å². The first-order valence-electron chi connectivity index (χ1n) is 12.1. The molecule has 0 aromatic heterocycles. The largest absolute Gasteiger partial charge is 0.458 e. The summed E-state index contributed by atoms with van der Waals surface area (Å²) in [5, 5.41) is 11.6. The molecule has 1 aliphatic heterocycles. The van der Waals surface area contributed by atoms with E-state index in [9.17, 15) is 9.90 Å². The molecule has 2 atom stereocenters. The number of esters is 1. The number of carbonyl (C=O) groups is 1. The molecule has 4 rings (SSSR count). The molecule has 2 fully saturated rings. The van der Waals surface area contributed by atoms with Crippen LogP contribution in [0.15, 0.2) is 65.7 Å². The van der Waals surface area contributed by atoms with Crippen LogP contribution in [0.2, 0.25) is 0 Å². The second-order valence-electron chi connectivity index (χ2n) is 9.20. The number of guanidine groups is 1. The quantitative estimate of drug-likeness (QED) is 0.278. The fraction of sp³-hybridized carbons (Fsp3) is 0.481. The van der Waals surface area contributed by atoms with Crippen molar-refractivity contribution in [1.29, 1.82) is 0 Å². The highest BCUT2D eigenvalue weighted by Crippen LogP contribution is 2.41. The van der Waals surface area contributed by atoms with Crippen molar-refractivity contribution in [2.24, 2.45) is 16.6 Å². The van der Waals surface area contributed by atoms with Crippen molar-refractivity contribution in [2.75, 3.05) is 19.6 Å². The highest BCUT2D eigenvalue weighted by molar-refractivity contribution is 5.82. The first-order chi connectivity index (χ1) is 16.1. The zero-order valence-electron chi connectivity index (χ0n) is 19.2. The van der Waals surface area contributed by atoms with Crippen molar-refractivity contribution in [1.82, 2.24) is 4.90 Å². The van der Waals surface area contributed by atoms with Gasteiger partial charge in [-0.2, -0.15) is 0 Å². The zero-order chi connectivity index (χ0) is 23.1. The molecule has 2 aromatic rings. The number of nitrogens with zero attached hydrogens (tertiary/aromatic N) is 2. The molecule has 1 unspecified atom stereocenters. The maximum absolute atomic E-state index is 13.3. The minimum absolute atomic E-state index is 0.110. The topological polar surface area (TPSA) is 88.1 Å². The lowest BCUT2D eigenvalue weighted by Crippen LogP contribution is -2.45. The van der Waals surface area contributed by atoms with E-state index in [2.05, 4.69) is 17.1 Å². The van der Waals surface area contributed by atoms with Gasteiger partial charge in [-0.15, -0.1) is 0 Å². The molecule has 0 spiro atoms. The summed E-state index contributed by atoms with van der Waals surface area (Å²) in [7, 11) is 0. The molecule has 176 valence electrons. The third kappa shape index (κ3) is 5.56. The van der Waals surface area contributed by atoms with Crippen LogP contribution in [0.4, 0.5) is 0 Å². The summed E-state index contributed by atoms with van der Waals surface area (Å²) in [6.45, 7) is 1.87. The smallest absolute Gasteiger partial charge is 0.343 e. The van der Waals surface area contributed by atoms with Crippen molar-refractivity contribution in [3.63, 3.8) is 0 Å². The molecule has 0 amide bonds. The third-order valence-electron chi connectivity index (χ3n) is 6.95. The molecule has 0 radical (unpaired) electrons. The number of rotatable bonds is 8. The summed E-state index contributed by atoms with van der Waals surface area (Å²) < 4.78 is 5.87. The SMILES string of the molecule is NC(=NCCCc1ccccc1)N1CCC(OC(=O)[C@](O)(c2ccccc2)C2CCCC2)C1. The lowest BCUT2D eigenvalue weighted by Gasteiger charge is -2.33. The third-order valence-corrected chi connectivity index (χ3v) is 6.95. The van der Waals surface area contributed by atoms with Gasteiger partial charge in [0.05, 0.1) is 6.54 Å². The van der Waals surface area contributed by atoms with Crippen LogP contribution in [0.25, 0.3) is 0 Å². The monoisotopic (exact) mass is 449 g/mol. The Kier molecular flexibility index (Phi) is 7.65. The fourth-order valence-electron chi connectivity index (χ4n) is 5.05. The van der Waals surface area contributed by atoms with Gasteiger partial charge in [-0.05, 0) is 36.8 Å². The van der Waals surface area contributed by atoms with Gasteiger partial charge in [-0.25, -0.2) is 4.79 Å². The minimum Gasteiger partial charge on any atom is -0.458 e. The van der Waals surface area contributed by atoms with Crippen molar-refractivity contribution in [3.8, 4) is 0 Å². The van der Waals surface area contributed by atoms with E-state index < -0.39 is 11.6 Å². The Morgan fingerprint density at radius 1 is 1.06 bits per heavy atom. The molecule has 3 N–H and O–H groups in total. The van der Waals surface area contributed by atoms with Gasteiger partial charge in [0.25, 0.3) is 0 Å². The van der Waals surface area contributed by atoms with E-state index in [0.29, 0.717) is 37.6 Å². The van der Waals surface area contributed by atoms with Crippen molar-refractivity contribution < 1.29 is 14.6 Å². The molecule has 6 heteroatoms. The fourth-order valence-corrected chi connectivity index (χ4v) is 5.05. The Labute approximate surface area is 196 Å². The van der Waals surface area contributed by atoms with E-state index in [0.717, 1.165) is 38.5 Å². The molecule has 33 heavy (non-hydrogen) atoms. The normalized spacial score (nSPS) is 21.2. The second-order valence-corrected chi connectivity index (χ2v) is 9.20. The Bertz CT molecular complexity index is 928. The predicted molar refractivity (Wildman–Crippen MR) is 130 cm³/mol. The number of carbonyl (C=O) groups excluding carboxylic acids is 1. The summed E-state index contributed by atoms with van der Waals surface area (Å²) in [5.41, 5.74) is 6.54. The van der Waals surface area contributed by atoms with Gasteiger partial charge < -0.3 is 20.5 Å². The summed E-state index contributed by atoms with van der Waals surface area (Å²) in [6.07, 6.45) is 6.01. The zero-order valence-corrected chi connectivity index (χ0v) is 19.2. The number of nitrogens with two attached hydrogens (primary N) is 1. The van der Waals surface area contributed by atoms with E-state index in [1.165, 1.54) is 5.56 Å². The molecule has 1 saturated carbocycles. The van der Waals surface area contributed by atoms with Gasteiger partial charge in [0.2, 0.25) is 0 Å². The van der Waals surface area contributed by atoms with Crippen LogP contribution < -0.4 is 5.73 Å². The highest BCUT2D eigenvalue weighted by Gasteiger charge is 2.48. The van der Waals surface area contributed by atoms with Gasteiger partial charge >= 0.3 is 5.97 Å². The van der Waals surface area contributed by atoms with E-state index in [1.54, 1.807) is 0 Å². The standard InChI is InChI=1S/C27H35N3O3/c28-26(29-18-9-12-21-10-3-1-4-11-21)30-19-17-24(20-30)33-25(31)27(32,23-15-7-8-16-23)22-13-5-2-6-14-22/h1-6,10-11,13-14,23-24,32H,7-9,12,15-20H2,(H2,28,29)/t24?,27-/m0/s1. The van der Waals surface area contributed by atoms with Crippen LogP contribution in [0.1, 0.15) is 49.7 Å². The molecule has 2 aromatic carbocycles. The maximum Gasteiger partial charge on any atom is 0.343 e. The Morgan fingerprint density at radius 2 is 1.73 bits per heavy atom. The first-order valence-corrected chi connectivity index (χ1v) is 12.1. The number of benzene rings is 2. The number of aryl methyl sites for hydroxylation is 1. The van der Waals surface area contributed by atoms with E-state index in [4.69, 9.17) is 10.5 Å².